The molecule has 1 aromatic heterocycles. The zero-order valence-electron chi connectivity index (χ0n) is 20.7. The Hall–Kier alpha value is -4.33. The number of carbonyl (C=O) groups excluding carboxylic acids is 2. The summed E-state index contributed by atoms with van der Waals surface area (Å²) in [5.41, 5.74) is 4.77. The van der Waals surface area contributed by atoms with Crippen molar-refractivity contribution in [3.05, 3.63) is 65.7 Å². The molecule has 8 nitrogen and oxygen atoms in total. The van der Waals surface area contributed by atoms with Gasteiger partial charge in [0.1, 0.15) is 11.3 Å². The molecular weight excluding hydrogens is 470 g/mol. The SMILES string of the molecule is CCOC(=O)[C@@H]1CCCN(c2cc(Nc3ccc(OC)cc3)c3c4c(onc24)-c2ccccc2C3=O)C1. The number of fused-ring (bicyclic) bond motifs is 2. The molecule has 3 aromatic carbocycles. The van der Waals surface area contributed by atoms with Crippen molar-refractivity contribution in [2.24, 2.45) is 5.92 Å². The minimum atomic E-state index is -0.219. The Labute approximate surface area is 214 Å². The number of benzene rings is 3. The lowest BCUT2D eigenvalue weighted by molar-refractivity contribution is -0.148. The van der Waals surface area contributed by atoms with Gasteiger partial charge in [-0.2, -0.15) is 0 Å². The third kappa shape index (κ3) is 3.89. The van der Waals surface area contributed by atoms with Crippen molar-refractivity contribution >= 4 is 39.7 Å². The quantitative estimate of drug-likeness (QED) is 0.304. The first kappa shape index (κ1) is 23.1. The molecule has 0 unspecified atom stereocenters. The Kier molecular flexibility index (Phi) is 5.79. The maximum absolute atomic E-state index is 13.8. The van der Waals surface area contributed by atoms with E-state index in [4.69, 9.17) is 14.0 Å². The maximum atomic E-state index is 13.8. The summed E-state index contributed by atoms with van der Waals surface area (Å²) in [6, 6.07) is 16.9. The van der Waals surface area contributed by atoms with Gasteiger partial charge in [-0.15, -0.1) is 0 Å². The van der Waals surface area contributed by atoms with Crippen molar-refractivity contribution in [2.75, 3.05) is 37.0 Å². The number of ketones is 1. The van der Waals surface area contributed by atoms with E-state index in [1.54, 1.807) is 7.11 Å². The summed E-state index contributed by atoms with van der Waals surface area (Å²) in [4.78, 5) is 28.5. The fourth-order valence-electron chi connectivity index (χ4n) is 5.36. The van der Waals surface area contributed by atoms with Crippen LogP contribution in [0.3, 0.4) is 0 Å². The molecule has 0 saturated carbocycles. The highest BCUT2D eigenvalue weighted by atomic mass is 16.5. The first-order valence-corrected chi connectivity index (χ1v) is 12.5. The number of nitrogens with zero attached hydrogens (tertiary/aromatic N) is 2. The molecule has 1 N–H and O–H groups in total. The number of carbonyl (C=O) groups is 2. The Morgan fingerprint density at radius 2 is 1.95 bits per heavy atom. The summed E-state index contributed by atoms with van der Waals surface area (Å²) >= 11 is 0. The number of nitrogens with one attached hydrogen (secondary N) is 1. The van der Waals surface area contributed by atoms with Crippen molar-refractivity contribution in [3.63, 3.8) is 0 Å². The van der Waals surface area contributed by atoms with E-state index in [9.17, 15) is 9.59 Å². The van der Waals surface area contributed by atoms with E-state index in [0.717, 1.165) is 42.1 Å². The van der Waals surface area contributed by atoms with Crippen LogP contribution in [0.1, 0.15) is 35.7 Å². The van der Waals surface area contributed by atoms with E-state index >= 15 is 0 Å². The number of esters is 1. The average molecular weight is 498 g/mol. The van der Waals surface area contributed by atoms with Crippen LogP contribution in [0.15, 0.2) is 59.1 Å². The first-order valence-electron chi connectivity index (χ1n) is 12.5. The molecule has 1 aliphatic heterocycles. The highest BCUT2D eigenvalue weighted by Crippen LogP contribution is 2.46. The predicted molar refractivity (Wildman–Crippen MR) is 141 cm³/mol. The van der Waals surface area contributed by atoms with Crippen molar-refractivity contribution in [1.29, 1.82) is 0 Å². The van der Waals surface area contributed by atoms with E-state index in [-0.39, 0.29) is 17.7 Å². The fourth-order valence-corrected chi connectivity index (χ4v) is 5.36. The van der Waals surface area contributed by atoms with Gasteiger partial charge in [0.25, 0.3) is 0 Å². The molecule has 2 heterocycles. The van der Waals surface area contributed by atoms with Gasteiger partial charge in [0.2, 0.25) is 0 Å². The molecule has 0 radical (unpaired) electrons. The Morgan fingerprint density at radius 3 is 2.70 bits per heavy atom. The molecule has 0 spiro atoms. The molecule has 8 heteroatoms. The number of piperidine rings is 1. The van der Waals surface area contributed by atoms with E-state index in [1.165, 1.54) is 0 Å². The summed E-state index contributed by atoms with van der Waals surface area (Å²) in [6.45, 7) is 3.46. The Balaban J connectivity index is 1.50. The van der Waals surface area contributed by atoms with Crippen molar-refractivity contribution < 1.29 is 23.6 Å². The van der Waals surface area contributed by atoms with Crippen LogP contribution in [-0.4, -0.2) is 43.7 Å². The molecular formula is C29H27N3O5. The molecule has 188 valence electrons. The van der Waals surface area contributed by atoms with Crippen LogP contribution in [0, 0.1) is 5.92 Å². The van der Waals surface area contributed by atoms with E-state index in [2.05, 4.69) is 15.4 Å². The lowest BCUT2D eigenvalue weighted by Crippen LogP contribution is -2.39. The van der Waals surface area contributed by atoms with Gasteiger partial charge < -0.3 is 24.2 Å². The Bertz CT molecular complexity index is 1510. The topological polar surface area (TPSA) is 93.9 Å². The van der Waals surface area contributed by atoms with Crippen molar-refractivity contribution in [2.45, 2.75) is 19.8 Å². The molecule has 0 bridgehead atoms. The lowest BCUT2D eigenvalue weighted by atomic mass is 9.86. The standard InChI is InChI=1S/C29H27N3O5/c1-3-36-29(34)17-7-6-14-32(16-17)23-15-22(30-18-10-12-19(35-2)13-11-18)24-25-26(23)31-37-28(25)21-9-5-4-8-20(21)27(24)33/h4-5,8-13,15,17,30H,3,6-7,14,16H2,1-2H3/t17-/m1/s1. The molecule has 4 aromatic rings. The van der Waals surface area contributed by atoms with Gasteiger partial charge in [-0.1, -0.05) is 29.4 Å². The van der Waals surface area contributed by atoms with E-state index in [0.29, 0.717) is 46.6 Å². The minimum absolute atomic E-state index is 0.0816. The first-order chi connectivity index (χ1) is 18.1. The molecule has 1 aliphatic carbocycles. The van der Waals surface area contributed by atoms with Crippen LogP contribution in [0.25, 0.3) is 22.2 Å². The number of ether oxygens (including phenoxy) is 2. The van der Waals surface area contributed by atoms with Gasteiger partial charge in [0, 0.05) is 29.9 Å². The van der Waals surface area contributed by atoms with Gasteiger partial charge in [-0.05, 0) is 50.1 Å². The van der Waals surface area contributed by atoms with Crippen LogP contribution < -0.4 is 15.0 Å². The van der Waals surface area contributed by atoms with Crippen molar-refractivity contribution in [3.8, 4) is 17.1 Å². The largest absolute Gasteiger partial charge is 0.497 e. The Morgan fingerprint density at radius 1 is 1.16 bits per heavy atom. The average Bonchev–Trinajstić information content (AvgIpc) is 3.38. The highest BCUT2D eigenvalue weighted by molar-refractivity contribution is 6.28. The van der Waals surface area contributed by atoms with Crippen LogP contribution in [-0.2, 0) is 9.53 Å². The zero-order chi connectivity index (χ0) is 25.5. The molecule has 1 saturated heterocycles. The van der Waals surface area contributed by atoms with Gasteiger partial charge in [0.15, 0.2) is 11.5 Å². The number of aromatic nitrogens is 1. The van der Waals surface area contributed by atoms with Gasteiger partial charge in [0.05, 0.1) is 42.0 Å². The van der Waals surface area contributed by atoms with Crippen LogP contribution in [0.2, 0.25) is 0 Å². The van der Waals surface area contributed by atoms with Gasteiger partial charge in [-0.25, -0.2) is 0 Å². The number of hydrogen-bond acceptors (Lipinski definition) is 8. The second kappa shape index (κ2) is 9.28. The fraction of sp³-hybridized carbons (Fsp3) is 0.276. The summed E-state index contributed by atoms with van der Waals surface area (Å²) in [6.07, 6.45) is 1.63. The zero-order valence-corrected chi connectivity index (χ0v) is 20.7. The molecule has 1 atom stereocenters. The maximum Gasteiger partial charge on any atom is 0.310 e. The molecule has 37 heavy (non-hydrogen) atoms. The number of methoxy groups -OCH3 is 1. The van der Waals surface area contributed by atoms with Crippen LogP contribution in [0.5, 0.6) is 5.75 Å². The second-order valence-corrected chi connectivity index (χ2v) is 9.32. The third-order valence-electron chi connectivity index (χ3n) is 7.13. The van der Waals surface area contributed by atoms with Gasteiger partial charge >= 0.3 is 5.97 Å². The number of rotatable bonds is 6. The smallest absolute Gasteiger partial charge is 0.310 e. The molecule has 0 amide bonds. The van der Waals surface area contributed by atoms with Crippen molar-refractivity contribution in [1.82, 2.24) is 5.16 Å². The molecule has 2 aliphatic rings. The summed E-state index contributed by atoms with van der Waals surface area (Å²) < 4.78 is 16.5. The second-order valence-electron chi connectivity index (χ2n) is 9.32. The summed E-state index contributed by atoms with van der Waals surface area (Å²) in [7, 11) is 1.62. The summed E-state index contributed by atoms with van der Waals surface area (Å²) in [5.74, 6) is 0.846. The highest BCUT2D eigenvalue weighted by Gasteiger charge is 2.35. The molecule has 6 rings (SSSR count). The van der Waals surface area contributed by atoms with Crippen LogP contribution >= 0.6 is 0 Å². The van der Waals surface area contributed by atoms with Crippen LogP contribution in [0.4, 0.5) is 17.1 Å². The predicted octanol–water partition coefficient (Wildman–Crippen LogP) is 5.57. The van der Waals surface area contributed by atoms with E-state index in [1.807, 2.05) is 61.5 Å². The molecule has 1 fully saturated rings. The lowest BCUT2D eigenvalue weighted by Gasteiger charge is -2.34. The third-order valence-corrected chi connectivity index (χ3v) is 7.13. The number of hydrogen-bond donors (Lipinski definition) is 1. The van der Waals surface area contributed by atoms with Gasteiger partial charge in [-0.3, -0.25) is 9.59 Å². The minimum Gasteiger partial charge on any atom is -0.497 e. The normalized spacial score (nSPS) is 16.4. The summed E-state index contributed by atoms with van der Waals surface area (Å²) in [5, 5.41) is 8.59. The monoisotopic (exact) mass is 497 g/mol. The number of anilines is 3. The van der Waals surface area contributed by atoms with E-state index < -0.39 is 0 Å².